The summed E-state index contributed by atoms with van der Waals surface area (Å²) >= 11 is 0. The van der Waals surface area contributed by atoms with Crippen molar-refractivity contribution in [2.24, 2.45) is 5.92 Å². The Balaban J connectivity index is 0.719. The molecule has 3 aliphatic heterocycles. The van der Waals surface area contributed by atoms with Gasteiger partial charge >= 0.3 is 17.8 Å². The summed E-state index contributed by atoms with van der Waals surface area (Å²) < 4.78 is 5.28. The summed E-state index contributed by atoms with van der Waals surface area (Å²) in [4.78, 5) is 67.9. The molecule has 4 amide bonds. The third kappa shape index (κ3) is 8.34. The van der Waals surface area contributed by atoms with Crippen LogP contribution in [0.2, 0.25) is 0 Å². The van der Waals surface area contributed by atoms with Gasteiger partial charge in [-0.25, -0.2) is 19.7 Å². The Labute approximate surface area is 365 Å². The summed E-state index contributed by atoms with van der Waals surface area (Å²) in [6.45, 7) is 13.4. The lowest BCUT2D eigenvalue weighted by Crippen LogP contribution is -2.49. The molecule has 3 N–H and O–H groups in total. The Kier molecular flexibility index (Phi) is 10.6. The predicted molar refractivity (Wildman–Crippen MR) is 240 cm³/mol. The van der Waals surface area contributed by atoms with Crippen LogP contribution in [0.25, 0.3) is 33.5 Å². The second-order valence-corrected chi connectivity index (χ2v) is 18.2. The van der Waals surface area contributed by atoms with Gasteiger partial charge in [-0.15, -0.1) is 0 Å². The lowest BCUT2D eigenvalue weighted by molar-refractivity contribution is -0.120. The largest absolute Gasteiger partial charge is 0.372 e. The summed E-state index contributed by atoms with van der Waals surface area (Å²) in [5.41, 5.74) is 8.47. The number of amides is 4. The molecule has 4 aliphatic rings. The second-order valence-electron chi connectivity index (χ2n) is 18.2. The van der Waals surface area contributed by atoms with E-state index in [9.17, 15) is 14.4 Å². The number of hydrogen-bond acceptors (Lipinski definition) is 12. The number of nitrogens with zero attached hydrogens (tertiary/aromatic N) is 9. The van der Waals surface area contributed by atoms with Crippen LogP contribution in [0.4, 0.5) is 22.0 Å². The van der Waals surface area contributed by atoms with Crippen molar-refractivity contribution in [3.63, 3.8) is 0 Å². The number of urea groups is 1. The zero-order valence-corrected chi connectivity index (χ0v) is 35.9. The van der Waals surface area contributed by atoms with E-state index in [2.05, 4.69) is 94.0 Å². The van der Waals surface area contributed by atoms with E-state index in [1.54, 1.807) is 11.2 Å². The number of anilines is 3. The van der Waals surface area contributed by atoms with Crippen molar-refractivity contribution in [1.29, 1.82) is 0 Å². The highest BCUT2D eigenvalue weighted by molar-refractivity contribution is 6.05. The third-order valence-electron chi connectivity index (χ3n) is 13.0. The maximum atomic E-state index is 13.0. The zero-order valence-electron chi connectivity index (χ0n) is 35.9. The summed E-state index contributed by atoms with van der Waals surface area (Å²) in [6, 6.07) is 20.3. The smallest absolute Gasteiger partial charge is 0.328 e. The van der Waals surface area contributed by atoms with Gasteiger partial charge in [0, 0.05) is 104 Å². The monoisotopic (exact) mass is 848 g/mol. The molecule has 1 aliphatic carbocycles. The topological polar surface area (TPSA) is 182 Å². The summed E-state index contributed by atoms with van der Waals surface area (Å²) in [7, 11) is 0. The number of carbonyl (C=O) groups is 3. The van der Waals surface area contributed by atoms with Crippen molar-refractivity contribution >= 4 is 46.1 Å². The van der Waals surface area contributed by atoms with Crippen LogP contribution < -0.4 is 25.3 Å². The van der Waals surface area contributed by atoms with E-state index in [0.717, 1.165) is 122 Å². The first kappa shape index (κ1) is 40.4. The van der Waals surface area contributed by atoms with E-state index in [-0.39, 0.29) is 35.2 Å². The number of carbonyl (C=O) groups excluding carboxylic acids is 3. The molecule has 3 fully saturated rings. The first-order valence-electron chi connectivity index (χ1n) is 22.0. The standard InChI is InChI=1S/C47H52N12O4/c1-47(2,3)45-54-44(63-55-45)43(61)52-37-12-5-30-24-31(4-11-35(30)37)41-36-25-38(51-42(36)50-28-49-41)32-6-13-39(48-26-32)58-22-20-56(21-23-58)27-29-14-17-57(18-15-29)33-7-9-34(10-8-33)59-19-16-40(60)53-46(59)62/h4,6-11,13,24-26,28-29,37H,5,12,14-23,27H2,1-3H3,(H,52,61)(H,49,50,51)(H,53,60,62)/t37-/m1/s1. The SMILES string of the molecule is CC(C)(C)c1noc(C(=O)N[C@@H]2CCc3cc(-c4ncnc5[nH]c(-c6ccc(N7CCN(CC8CCN(c9ccc(N%10CCC(=O)NC%10=O)cc9)CC8)CC7)nc6)cc45)ccc32)n1. The Morgan fingerprint density at radius 2 is 1.60 bits per heavy atom. The number of H-pyrrole nitrogens is 1. The van der Waals surface area contributed by atoms with Crippen molar-refractivity contribution < 1.29 is 18.9 Å². The Morgan fingerprint density at radius 3 is 2.33 bits per heavy atom. The molecule has 16 nitrogen and oxygen atoms in total. The first-order valence-corrected chi connectivity index (χ1v) is 22.0. The van der Waals surface area contributed by atoms with Crippen molar-refractivity contribution in [1.82, 2.24) is 45.6 Å². The maximum absolute atomic E-state index is 13.0. The van der Waals surface area contributed by atoms with E-state index in [0.29, 0.717) is 24.7 Å². The minimum atomic E-state index is -0.364. The van der Waals surface area contributed by atoms with Crippen molar-refractivity contribution in [3.8, 4) is 22.5 Å². The lowest BCUT2D eigenvalue weighted by Gasteiger charge is -2.39. The van der Waals surface area contributed by atoms with Crippen LogP contribution in [0.1, 0.15) is 80.1 Å². The quantitative estimate of drug-likeness (QED) is 0.149. The molecule has 0 saturated carbocycles. The van der Waals surface area contributed by atoms with Gasteiger partial charge in [0.2, 0.25) is 5.91 Å². The molecule has 6 aromatic rings. The number of aromatic amines is 1. The molecule has 10 rings (SSSR count). The molecule has 2 aromatic carbocycles. The van der Waals surface area contributed by atoms with Crippen molar-refractivity contribution in [3.05, 3.63) is 96.0 Å². The highest BCUT2D eigenvalue weighted by Crippen LogP contribution is 2.37. The Hall–Kier alpha value is -6.68. The first-order chi connectivity index (χ1) is 30.5. The number of pyridine rings is 1. The van der Waals surface area contributed by atoms with E-state index in [4.69, 9.17) is 14.5 Å². The van der Waals surface area contributed by atoms with Gasteiger partial charge in [0.05, 0.1) is 11.7 Å². The van der Waals surface area contributed by atoms with Crippen molar-refractivity contribution in [2.45, 2.75) is 64.3 Å². The molecule has 1 atom stereocenters. The normalized spacial score (nSPS) is 18.8. The van der Waals surface area contributed by atoms with Crippen LogP contribution in [-0.2, 0) is 16.6 Å². The fourth-order valence-electron chi connectivity index (χ4n) is 9.37. The lowest BCUT2D eigenvalue weighted by atomic mass is 9.95. The van der Waals surface area contributed by atoms with Gasteiger partial charge in [-0.2, -0.15) is 4.98 Å². The molecule has 0 unspecified atom stereocenters. The van der Waals surface area contributed by atoms with Crippen LogP contribution in [0, 0.1) is 5.92 Å². The van der Waals surface area contributed by atoms with Gasteiger partial charge in [-0.3, -0.25) is 24.7 Å². The number of benzene rings is 2. The van der Waals surface area contributed by atoms with Crippen molar-refractivity contribution in [2.75, 3.05) is 67.1 Å². The third-order valence-corrected chi connectivity index (χ3v) is 13.0. The molecule has 0 radical (unpaired) electrons. The molecule has 63 heavy (non-hydrogen) atoms. The van der Waals surface area contributed by atoms with E-state index >= 15 is 0 Å². The summed E-state index contributed by atoms with van der Waals surface area (Å²) in [5.74, 6) is 1.56. The number of imide groups is 1. The number of piperazine rings is 1. The van der Waals surface area contributed by atoms with Gasteiger partial charge in [0.1, 0.15) is 17.8 Å². The van der Waals surface area contributed by atoms with E-state index < -0.39 is 0 Å². The molecular formula is C47H52N12O4. The number of nitrogens with one attached hydrogen (secondary N) is 3. The fourth-order valence-corrected chi connectivity index (χ4v) is 9.37. The van der Waals surface area contributed by atoms with Crippen LogP contribution in [0.3, 0.4) is 0 Å². The molecule has 4 aromatic heterocycles. The molecule has 3 saturated heterocycles. The zero-order chi connectivity index (χ0) is 43.2. The maximum Gasteiger partial charge on any atom is 0.328 e. The second kappa shape index (κ2) is 16.5. The number of fused-ring (bicyclic) bond motifs is 2. The predicted octanol–water partition coefficient (Wildman–Crippen LogP) is 6.27. The molecular weight excluding hydrogens is 797 g/mol. The number of aromatic nitrogens is 6. The minimum absolute atomic E-state index is 0.0185. The molecule has 16 heteroatoms. The van der Waals surface area contributed by atoms with Crippen LogP contribution >= 0.6 is 0 Å². The average molecular weight is 849 g/mol. The van der Waals surface area contributed by atoms with E-state index in [1.165, 1.54) is 11.3 Å². The fraction of sp³-hybridized carbons (Fsp3) is 0.404. The van der Waals surface area contributed by atoms with E-state index in [1.807, 2.05) is 39.1 Å². The molecule has 0 spiro atoms. The average Bonchev–Trinajstić information content (AvgIpc) is 4.07. The van der Waals surface area contributed by atoms with Gasteiger partial charge in [0.15, 0.2) is 5.82 Å². The van der Waals surface area contributed by atoms with Gasteiger partial charge < -0.3 is 24.6 Å². The van der Waals surface area contributed by atoms with Crippen LogP contribution in [-0.4, -0.2) is 105 Å². The van der Waals surface area contributed by atoms with Gasteiger partial charge in [-0.05, 0) is 91.3 Å². The highest BCUT2D eigenvalue weighted by atomic mass is 16.5. The highest BCUT2D eigenvalue weighted by Gasteiger charge is 2.30. The molecule has 0 bridgehead atoms. The number of aryl methyl sites for hydroxylation is 1. The van der Waals surface area contributed by atoms with Crippen LogP contribution in [0.5, 0.6) is 0 Å². The van der Waals surface area contributed by atoms with Gasteiger partial charge in [-0.1, -0.05) is 38.1 Å². The summed E-state index contributed by atoms with van der Waals surface area (Å²) in [6.07, 6.45) is 7.78. The Bertz CT molecular complexity index is 2650. The Morgan fingerprint density at radius 1 is 0.825 bits per heavy atom. The minimum Gasteiger partial charge on any atom is -0.372 e. The van der Waals surface area contributed by atoms with Crippen LogP contribution in [0.15, 0.2) is 77.7 Å². The number of piperidine rings is 1. The number of hydrogen-bond donors (Lipinski definition) is 3. The molecule has 324 valence electrons. The summed E-state index contributed by atoms with van der Waals surface area (Å²) in [5, 5.41) is 10.4. The molecule has 7 heterocycles. The number of rotatable bonds is 9. The van der Waals surface area contributed by atoms with Gasteiger partial charge in [0.25, 0.3) is 0 Å².